The van der Waals surface area contributed by atoms with E-state index in [-0.39, 0.29) is 24.5 Å². The zero-order valence-electron chi connectivity index (χ0n) is 14.6. The fraction of sp³-hybridized carbons (Fsp3) is 0.300. The number of nitrogens with one attached hydrogen (secondary N) is 2. The van der Waals surface area contributed by atoms with Crippen LogP contribution in [0.25, 0.3) is 0 Å². The van der Waals surface area contributed by atoms with E-state index in [4.69, 9.17) is 4.74 Å². The normalized spacial score (nSPS) is 11.4. The van der Waals surface area contributed by atoms with Crippen molar-refractivity contribution in [3.63, 3.8) is 0 Å². The quantitative estimate of drug-likeness (QED) is 0.776. The van der Waals surface area contributed by atoms with E-state index in [2.05, 4.69) is 22.8 Å². The topological polar surface area (TPSA) is 67.4 Å². The summed E-state index contributed by atoms with van der Waals surface area (Å²) in [6.45, 7) is 3.37. The lowest BCUT2D eigenvalue weighted by atomic mass is 10.1. The summed E-state index contributed by atoms with van der Waals surface area (Å²) < 4.78 is 5.49. The molecule has 0 saturated carbocycles. The van der Waals surface area contributed by atoms with Crippen LogP contribution in [0.4, 0.5) is 5.69 Å². The van der Waals surface area contributed by atoms with Crippen LogP contribution < -0.4 is 15.4 Å². The maximum Gasteiger partial charge on any atom is 0.258 e. The van der Waals surface area contributed by atoms with Crippen LogP contribution >= 0.6 is 0 Å². The molecular formula is C20H24N2O3. The van der Waals surface area contributed by atoms with Gasteiger partial charge >= 0.3 is 0 Å². The second kappa shape index (κ2) is 9.47. The number of benzene rings is 2. The number of hydrogen-bond acceptors (Lipinski definition) is 3. The molecule has 0 aliphatic rings. The van der Waals surface area contributed by atoms with Gasteiger partial charge in [-0.25, -0.2) is 0 Å². The maximum absolute atomic E-state index is 12.0. The second-order valence-electron chi connectivity index (χ2n) is 5.99. The van der Waals surface area contributed by atoms with Crippen LogP contribution in [-0.4, -0.2) is 24.5 Å². The molecule has 2 aromatic carbocycles. The molecule has 2 N–H and O–H groups in total. The van der Waals surface area contributed by atoms with Crippen molar-refractivity contribution < 1.29 is 14.3 Å². The average molecular weight is 340 g/mol. The zero-order chi connectivity index (χ0) is 18.1. The highest BCUT2D eigenvalue weighted by Crippen LogP contribution is 2.17. The number of anilines is 1. The first-order chi connectivity index (χ1) is 12.0. The molecule has 0 radical (unpaired) electrons. The van der Waals surface area contributed by atoms with Crippen LogP contribution in [0.1, 0.15) is 25.8 Å². The minimum atomic E-state index is -0.162. The molecule has 0 bridgehead atoms. The van der Waals surface area contributed by atoms with Crippen molar-refractivity contribution in [2.75, 3.05) is 11.9 Å². The molecule has 1 atom stereocenters. The number of ether oxygens (including phenoxy) is 1. The number of carbonyl (C=O) groups excluding carboxylic acids is 2. The van der Waals surface area contributed by atoms with Gasteiger partial charge in [-0.2, -0.15) is 0 Å². The van der Waals surface area contributed by atoms with Gasteiger partial charge in [-0.15, -0.1) is 0 Å². The number of amides is 2. The fourth-order valence-electron chi connectivity index (χ4n) is 2.43. The summed E-state index contributed by atoms with van der Waals surface area (Å²) in [6, 6.07) is 17.2. The van der Waals surface area contributed by atoms with E-state index >= 15 is 0 Å². The van der Waals surface area contributed by atoms with Gasteiger partial charge in [0.05, 0.1) is 0 Å². The van der Waals surface area contributed by atoms with E-state index < -0.39 is 0 Å². The highest BCUT2D eigenvalue weighted by Gasteiger charge is 2.09. The van der Waals surface area contributed by atoms with E-state index in [1.54, 1.807) is 24.3 Å². The predicted molar refractivity (Wildman–Crippen MR) is 98.6 cm³/mol. The van der Waals surface area contributed by atoms with Gasteiger partial charge in [-0.3, -0.25) is 9.59 Å². The van der Waals surface area contributed by atoms with Gasteiger partial charge in [-0.1, -0.05) is 36.4 Å². The van der Waals surface area contributed by atoms with Crippen molar-refractivity contribution in [2.45, 2.75) is 32.7 Å². The van der Waals surface area contributed by atoms with Gasteiger partial charge in [0.25, 0.3) is 5.91 Å². The van der Waals surface area contributed by atoms with E-state index in [1.807, 2.05) is 25.1 Å². The van der Waals surface area contributed by atoms with E-state index in [0.717, 1.165) is 12.8 Å². The lowest BCUT2D eigenvalue weighted by Gasteiger charge is -2.14. The Hall–Kier alpha value is -2.82. The highest BCUT2D eigenvalue weighted by atomic mass is 16.5. The lowest BCUT2D eigenvalue weighted by molar-refractivity contribution is -0.123. The van der Waals surface area contributed by atoms with Crippen LogP contribution in [0.5, 0.6) is 5.75 Å². The number of rotatable bonds is 8. The van der Waals surface area contributed by atoms with Crippen molar-refractivity contribution in [3.8, 4) is 5.75 Å². The molecule has 5 heteroatoms. The number of aryl methyl sites for hydroxylation is 1. The second-order valence-corrected chi connectivity index (χ2v) is 5.99. The minimum absolute atomic E-state index is 0.0563. The molecule has 2 amide bonds. The first-order valence-electron chi connectivity index (χ1n) is 8.36. The molecule has 132 valence electrons. The van der Waals surface area contributed by atoms with Gasteiger partial charge in [0.15, 0.2) is 6.61 Å². The molecule has 0 aromatic heterocycles. The molecule has 2 rings (SSSR count). The Kier molecular flexibility index (Phi) is 7.01. The van der Waals surface area contributed by atoms with Crippen molar-refractivity contribution in [2.24, 2.45) is 0 Å². The van der Waals surface area contributed by atoms with Gasteiger partial charge in [0, 0.05) is 24.7 Å². The zero-order valence-corrected chi connectivity index (χ0v) is 14.6. The van der Waals surface area contributed by atoms with Crippen molar-refractivity contribution in [1.29, 1.82) is 0 Å². The third kappa shape index (κ3) is 7.08. The fourth-order valence-corrected chi connectivity index (χ4v) is 2.43. The summed E-state index contributed by atoms with van der Waals surface area (Å²) >= 11 is 0. The Morgan fingerprint density at radius 2 is 1.84 bits per heavy atom. The van der Waals surface area contributed by atoms with Crippen molar-refractivity contribution in [3.05, 3.63) is 60.2 Å². The van der Waals surface area contributed by atoms with Crippen LogP contribution in [-0.2, 0) is 16.0 Å². The number of carbonyl (C=O) groups is 2. The van der Waals surface area contributed by atoms with Gasteiger partial charge in [0.2, 0.25) is 5.91 Å². The summed E-state index contributed by atoms with van der Waals surface area (Å²) in [4.78, 5) is 23.1. The summed E-state index contributed by atoms with van der Waals surface area (Å²) in [5.41, 5.74) is 1.90. The van der Waals surface area contributed by atoms with E-state index in [0.29, 0.717) is 11.4 Å². The molecule has 5 nitrogen and oxygen atoms in total. The first kappa shape index (κ1) is 18.5. The van der Waals surface area contributed by atoms with Gasteiger partial charge in [0.1, 0.15) is 5.75 Å². The molecule has 0 unspecified atom stereocenters. The Balaban J connectivity index is 1.73. The molecule has 0 aliphatic heterocycles. The molecule has 0 aliphatic carbocycles. The van der Waals surface area contributed by atoms with Crippen LogP contribution in [0.3, 0.4) is 0 Å². The van der Waals surface area contributed by atoms with Gasteiger partial charge < -0.3 is 15.4 Å². The number of hydrogen-bond donors (Lipinski definition) is 2. The van der Waals surface area contributed by atoms with E-state index in [1.165, 1.54) is 12.5 Å². The smallest absolute Gasteiger partial charge is 0.258 e. The summed E-state index contributed by atoms with van der Waals surface area (Å²) in [5, 5.41) is 5.61. The Morgan fingerprint density at radius 3 is 2.56 bits per heavy atom. The molecule has 0 fully saturated rings. The molecule has 0 spiro atoms. The van der Waals surface area contributed by atoms with Crippen LogP contribution in [0, 0.1) is 0 Å². The Bertz CT molecular complexity index is 701. The summed E-state index contributed by atoms with van der Waals surface area (Å²) in [5.74, 6) is 0.228. The first-order valence-corrected chi connectivity index (χ1v) is 8.36. The summed E-state index contributed by atoms with van der Waals surface area (Å²) in [6.07, 6.45) is 1.79. The highest BCUT2D eigenvalue weighted by molar-refractivity contribution is 5.88. The summed E-state index contributed by atoms with van der Waals surface area (Å²) in [7, 11) is 0. The Morgan fingerprint density at radius 1 is 1.08 bits per heavy atom. The Labute approximate surface area is 148 Å². The minimum Gasteiger partial charge on any atom is -0.484 e. The van der Waals surface area contributed by atoms with Crippen molar-refractivity contribution in [1.82, 2.24) is 5.32 Å². The average Bonchev–Trinajstić information content (AvgIpc) is 2.59. The molecule has 2 aromatic rings. The predicted octanol–water partition coefficient (Wildman–Crippen LogP) is 3.16. The lowest BCUT2D eigenvalue weighted by Crippen LogP contribution is -2.36. The SMILES string of the molecule is CC(=O)Nc1cccc(OCC(=O)N[C@@H](C)CCc2ccccc2)c1. The third-order valence-electron chi connectivity index (χ3n) is 3.64. The van der Waals surface area contributed by atoms with Crippen molar-refractivity contribution >= 4 is 17.5 Å². The monoisotopic (exact) mass is 340 g/mol. The largest absolute Gasteiger partial charge is 0.484 e. The standard InChI is InChI=1S/C20H24N2O3/c1-15(11-12-17-7-4-3-5-8-17)21-20(24)14-25-19-10-6-9-18(13-19)22-16(2)23/h3-10,13,15H,11-12,14H2,1-2H3,(H,21,24)(H,22,23)/t15-/m0/s1. The van der Waals surface area contributed by atoms with E-state index in [9.17, 15) is 9.59 Å². The van der Waals surface area contributed by atoms with Gasteiger partial charge in [-0.05, 0) is 37.5 Å². The molecule has 0 heterocycles. The molecule has 25 heavy (non-hydrogen) atoms. The van der Waals surface area contributed by atoms with Crippen LogP contribution in [0.15, 0.2) is 54.6 Å². The van der Waals surface area contributed by atoms with Crippen LogP contribution in [0.2, 0.25) is 0 Å². The molecule has 0 saturated heterocycles. The third-order valence-corrected chi connectivity index (χ3v) is 3.64. The maximum atomic E-state index is 12.0. The molecular weight excluding hydrogens is 316 g/mol.